The van der Waals surface area contributed by atoms with Gasteiger partial charge in [-0.25, -0.2) is 0 Å². The summed E-state index contributed by atoms with van der Waals surface area (Å²) in [4.78, 5) is 12.6. The Balaban J connectivity index is 2.01. The normalized spacial score (nSPS) is 12.8. The maximum Gasteiger partial charge on any atom is 0.231 e. The molecule has 0 radical (unpaired) electrons. The third-order valence-corrected chi connectivity index (χ3v) is 4.05. The average Bonchev–Trinajstić information content (AvgIpc) is 3.05. The van der Waals surface area contributed by atoms with E-state index in [0.717, 1.165) is 5.56 Å². The van der Waals surface area contributed by atoms with E-state index in [-0.39, 0.29) is 18.0 Å². The molecule has 1 aliphatic rings. The van der Waals surface area contributed by atoms with E-state index in [9.17, 15) is 9.90 Å². The summed E-state index contributed by atoms with van der Waals surface area (Å²) in [5.74, 6) is 2.35. The molecule has 4 rings (SSSR count). The van der Waals surface area contributed by atoms with E-state index in [1.807, 2.05) is 6.07 Å². The summed E-state index contributed by atoms with van der Waals surface area (Å²) in [7, 11) is 0. The van der Waals surface area contributed by atoms with E-state index in [0.29, 0.717) is 39.4 Å². The number of hydrogen-bond acceptors (Lipinski definition) is 5. The van der Waals surface area contributed by atoms with E-state index in [4.69, 9.17) is 13.9 Å². The van der Waals surface area contributed by atoms with Crippen molar-refractivity contribution < 1.29 is 19.0 Å². The fourth-order valence-corrected chi connectivity index (χ4v) is 3.01. The SMILES string of the molecule is Cc1oc(C)c2c(=O)cc(-c3ccc4c(c3)OCO4)cc(O)c12. The molecule has 0 bridgehead atoms. The molecule has 3 aromatic rings. The third kappa shape index (κ3) is 2.04. The highest BCUT2D eigenvalue weighted by Gasteiger charge is 2.17. The van der Waals surface area contributed by atoms with Gasteiger partial charge in [-0.1, -0.05) is 6.07 Å². The van der Waals surface area contributed by atoms with Crippen LogP contribution in [0.2, 0.25) is 0 Å². The Labute approximate surface area is 131 Å². The van der Waals surface area contributed by atoms with Gasteiger partial charge in [-0.05, 0) is 49.2 Å². The van der Waals surface area contributed by atoms with Crippen molar-refractivity contribution in [2.24, 2.45) is 0 Å². The minimum absolute atomic E-state index is 0.0177. The summed E-state index contributed by atoms with van der Waals surface area (Å²) in [5.41, 5.74) is 1.19. The summed E-state index contributed by atoms with van der Waals surface area (Å²) in [6, 6.07) is 8.49. The largest absolute Gasteiger partial charge is 0.507 e. The smallest absolute Gasteiger partial charge is 0.231 e. The molecule has 0 saturated carbocycles. The maximum atomic E-state index is 12.6. The first-order valence-electron chi connectivity index (χ1n) is 7.21. The lowest BCUT2D eigenvalue weighted by Crippen LogP contribution is -1.95. The van der Waals surface area contributed by atoms with Gasteiger partial charge in [0.25, 0.3) is 0 Å². The number of rotatable bonds is 1. The van der Waals surface area contributed by atoms with Crippen LogP contribution in [0.1, 0.15) is 11.5 Å². The van der Waals surface area contributed by atoms with Crippen molar-refractivity contribution in [2.45, 2.75) is 13.8 Å². The highest BCUT2D eigenvalue weighted by atomic mass is 16.7. The van der Waals surface area contributed by atoms with Gasteiger partial charge in [0.1, 0.15) is 17.3 Å². The van der Waals surface area contributed by atoms with Crippen molar-refractivity contribution >= 4 is 10.8 Å². The van der Waals surface area contributed by atoms with Crippen LogP contribution in [0, 0.1) is 13.8 Å². The van der Waals surface area contributed by atoms with Crippen LogP contribution in [-0.4, -0.2) is 11.9 Å². The molecule has 1 aliphatic heterocycles. The van der Waals surface area contributed by atoms with E-state index >= 15 is 0 Å². The molecule has 5 nitrogen and oxygen atoms in total. The summed E-state index contributed by atoms with van der Waals surface area (Å²) in [5, 5.41) is 11.3. The first kappa shape index (κ1) is 13.7. The number of furan rings is 1. The topological polar surface area (TPSA) is 68.9 Å². The molecule has 0 spiro atoms. The quantitative estimate of drug-likeness (QED) is 0.745. The zero-order valence-electron chi connectivity index (χ0n) is 12.7. The molecule has 2 heterocycles. The molecule has 116 valence electrons. The second kappa shape index (κ2) is 4.78. The molecule has 0 fully saturated rings. The van der Waals surface area contributed by atoms with Crippen molar-refractivity contribution in [1.29, 1.82) is 0 Å². The molecule has 23 heavy (non-hydrogen) atoms. The molecule has 1 aromatic heterocycles. The molecule has 0 amide bonds. The molecule has 0 saturated heterocycles. The van der Waals surface area contributed by atoms with E-state index in [2.05, 4.69) is 0 Å². The summed E-state index contributed by atoms with van der Waals surface area (Å²) < 4.78 is 16.1. The molecular formula is C18H14O5. The van der Waals surface area contributed by atoms with Gasteiger partial charge in [0.2, 0.25) is 6.79 Å². The van der Waals surface area contributed by atoms with Gasteiger partial charge in [0.05, 0.1) is 10.8 Å². The first-order chi connectivity index (χ1) is 11.0. The van der Waals surface area contributed by atoms with Crippen LogP contribution in [-0.2, 0) is 0 Å². The summed E-state index contributed by atoms with van der Waals surface area (Å²) >= 11 is 0. The van der Waals surface area contributed by atoms with Crippen molar-refractivity contribution in [2.75, 3.05) is 6.79 Å². The number of aromatic hydroxyl groups is 1. The zero-order valence-corrected chi connectivity index (χ0v) is 12.7. The Morgan fingerprint density at radius 2 is 1.65 bits per heavy atom. The highest BCUT2D eigenvalue weighted by Crippen LogP contribution is 2.37. The van der Waals surface area contributed by atoms with Crippen LogP contribution >= 0.6 is 0 Å². The van der Waals surface area contributed by atoms with E-state index in [1.165, 1.54) is 6.07 Å². The van der Waals surface area contributed by atoms with Crippen molar-refractivity contribution in [1.82, 2.24) is 0 Å². The van der Waals surface area contributed by atoms with Gasteiger partial charge in [-0.2, -0.15) is 0 Å². The van der Waals surface area contributed by atoms with Crippen molar-refractivity contribution in [3.8, 4) is 28.4 Å². The van der Waals surface area contributed by atoms with Crippen LogP contribution in [0.4, 0.5) is 0 Å². The summed E-state index contributed by atoms with van der Waals surface area (Å²) in [6.45, 7) is 3.64. The molecule has 0 unspecified atom stereocenters. The fourth-order valence-electron chi connectivity index (χ4n) is 3.01. The second-order valence-electron chi connectivity index (χ2n) is 5.53. The van der Waals surface area contributed by atoms with Crippen LogP contribution in [0.25, 0.3) is 21.9 Å². The lowest BCUT2D eigenvalue weighted by molar-refractivity contribution is 0.174. The van der Waals surface area contributed by atoms with E-state index < -0.39 is 0 Å². The van der Waals surface area contributed by atoms with Gasteiger partial charge in [0, 0.05) is 0 Å². The fraction of sp³-hybridized carbons (Fsp3) is 0.167. The van der Waals surface area contributed by atoms with Gasteiger partial charge in [0.15, 0.2) is 16.9 Å². The average molecular weight is 310 g/mol. The maximum absolute atomic E-state index is 12.6. The zero-order chi connectivity index (χ0) is 16.1. The number of ether oxygens (including phenoxy) is 2. The molecule has 2 aromatic carbocycles. The Hall–Kier alpha value is -2.95. The Morgan fingerprint density at radius 1 is 0.913 bits per heavy atom. The Morgan fingerprint density at radius 3 is 2.48 bits per heavy atom. The molecule has 1 N–H and O–H groups in total. The number of benzene rings is 1. The molecule has 0 atom stereocenters. The lowest BCUT2D eigenvalue weighted by Gasteiger charge is -2.01. The predicted octanol–water partition coefficient (Wildman–Crippen LogP) is 3.51. The molecule has 5 heteroatoms. The molecule has 0 aliphatic carbocycles. The van der Waals surface area contributed by atoms with Gasteiger partial charge < -0.3 is 19.0 Å². The number of aryl methyl sites for hydroxylation is 2. The third-order valence-electron chi connectivity index (χ3n) is 4.05. The minimum Gasteiger partial charge on any atom is -0.507 e. The van der Waals surface area contributed by atoms with Gasteiger partial charge >= 0.3 is 0 Å². The van der Waals surface area contributed by atoms with Crippen LogP contribution < -0.4 is 14.9 Å². The number of hydrogen-bond donors (Lipinski definition) is 1. The highest BCUT2D eigenvalue weighted by molar-refractivity contribution is 5.92. The standard InChI is InChI=1S/C18H14O5/c1-9-17-13(19)5-12(6-14(20)18(17)10(2)23-9)11-3-4-15-16(7-11)22-8-21-15/h3-7,19H,8H2,1-2H3. The Kier molecular flexibility index (Phi) is 2.84. The monoisotopic (exact) mass is 310 g/mol. The van der Waals surface area contributed by atoms with Gasteiger partial charge in [-0.15, -0.1) is 0 Å². The van der Waals surface area contributed by atoms with E-state index in [1.54, 1.807) is 32.0 Å². The number of fused-ring (bicyclic) bond motifs is 2. The van der Waals surface area contributed by atoms with Crippen LogP contribution in [0.5, 0.6) is 17.2 Å². The Bertz CT molecular complexity index is 1000. The van der Waals surface area contributed by atoms with Gasteiger partial charge in [-0.3, -0.25) is 4.79 Å². The summed E-state index contributed by atoms with van der Waals surface area (Å²) in [6.07, 6.45) is 0. The second-order valence-corrected chi connectivity index (χ2v) is 5.53. The van der Waals surface area contributed by atoms with Crippen LogP contribution in [0.3, 0.4) is 0 Å². The predicted molar refractivity (Wildman–Crippen MR) is 85.2 cm³/mol. The van der Waals surface area contributed by atoms with Crippen LogP contribution in [0.15, 0.2) is 39.5 Å². The molecular weight excluding hydrogens is 296 g/mol. The first-order valence-corrected chi connectivity index (χ1v) is 7.21. The minimum atomic E-state index is -0.192. The van der Waals surface area contributed by atoms with Crippen molar-refractivity contribution in [3.05, 3.63) is 52.1 Å². The lowest BCUT2D eigenvalue weighted by atomic mass is 10.1. The van der Waals surface area contributed by atoms with Crippen molar-refractivity contribution in [3.63, 3.8) is 0 Å².